The Morgan fingerprint density at radius 2 is 2.00 bits per heavy atom. The van der Waals surface area contributed by atoms with Crippen LogP contribution in [-0.2, 0) is 4.79 Å². The number of rotatable bonds is 7. The summed E-state index contributed by atoms with van der Waals surface area (Å²) < 4.78 is 41.4. The zero-order valence-corrected chi connectivity index (χ0v) is 17.3. The summed E-state index contributed by atoms with van der Waals surface area (Å²) in [5, 5.41) is 5.18. The van der Waals surface area contributed by atoms with Gasteiger partial charge in [-0.2, -0.15) is 13.2 Å². The molecule has 8 nitrogen and oxygen atoms in total. The monoisotopic (exact) mass is 457 g/mol. The Morgan fingerprint density at radius 3 is 2.61 bits per heavy atom. The number of hydrogen-bond acceptors (Lipinski definition) is 6. The molecule has 2 heterocycles. The van der Waals surface area contributed by atoms with Gasteiger partial charge in [-0.3, -0.25) is 14.9 Å². The van der Waals surface area contributed by atoms with Gasteiger partial charge in [-0.15, -0.1) is 0 Å². The molecular formula is C19H19ClF3N5O3. The van der Waals surface area contributed by atoms with Crippen LogP contribution in [-0.4, -0.2) is 39.5 Å². The fourth-order valence-corrected chi connectivity index (χ4v) is 2.82. The van der Waals surface area contributed by atoms with E-state index in [-0.39, 0.29) is 34.4 Å². The number of pyridine rings is 1. The number of ether oxygens (including phenoxy) is 1. The van der Waals surface area contributed by atoms with Crippen molar-refractivity contribution in [2.75, 3.05) is 11.9 Å². The van der Waals surface area contributed by atoms with Crippen LogP contribution >= 0.6 is 11.6 Å². The lowest BCUT2D eigenvalue weighted by molar-refractivity contribution is -0.154. The smallest absolute Gasteiger partial charge is 0.422 e. The first-order chi connectivity index (χ1) is 14.5. The van der Waals surface area contributed by atoms with Gasteiger partial charge >= 0.3 is 6.18 Å². The molecule has 1 atom stereocenters. The van der Waals surface area contributed by atoms with E-state index in [0.29, 0.717) is 11.3 Å². The second kappa shape index (κ2) is 9.04. The maximum Gasteiger partial charge on any atom is 0.422 e. The van der Waals surface area contributed by atoms with E-state index in [0.717, 1.165) is 12.8 Å². The summed E-state index contributed by atoms with van der Waals surface area (Å²) in [7, 11) is 0. The number of carbonyl (C=O) groups excluding carboxylic acids is 2. The van der Waals surface area contributed by atoms with Gasteiger partial charge in [0.1, 0.15) is 10.7 Å². The normalized spacial score (nSPS) is 14.6. The van der Waals surface area contributed by atoms with Crippen molar-refractivity contribution in [2.45, 2.75) is 38.9 Å². The predicted octanol–water partition coefficient (Wildman–Crippen LogP) is 3.61. The number of amides is 2. The molecule has 0 aromatic carbocycles. The van der Waals surface area contributed by atoms with E-state index in [2.05, 4.69) is 30.3 Å². The number of alkyl halides is 3. The van der Waals surface area contributed by atoms with E-state index in [4.69, 9.17) is 11.6 Å². The van der Waals surface area contributed by atoms with Crippen molar-refractivity contribution in [3.63, 3.8) is 0 Å². The predicted molar refractivity (Wildman–Crippen MR) is 105 cm³/mol. The van der Waals surface area contributed by atoms with Crippen molar-refractivity contribution in [2.24, 2.45) is 5.92 Å². The first-order valence-electron chi connectivity index (χ1n) is 9.34. The molecule has 31 heavy (non-hydrogen) atoms. The summed E-state index contributed by atoms with van der Waals surface area (Å²) in [6, 6.07) is 2.24. The Balaban J connectivity index is 1.66. The molecule has 1 fully saturated rings. The quantitative estimate of drug-likeness (QED) is 0.658. The number of hydrogen-bond donors (Lipinski definition) is 2. The summed E-state index contributed by atoms with van der Waals surface area (Å²) in [6.07, 6.45) is -1.62. The molecule has 3 rings (SSSR count). The van der Waals surface area contributed by atoms with Crippen molar-refractivity contribution < 1.29 is 27.5 Å². The molecule has 0 radical (unpaired) electrons. The fourth-order valence-electron chi connectivity index (χ4n) is 2.59. The summed E-state index contributed by atoms with van der Waals surface area (Å²) in [6.45, 7) is 1.79. The van der Waals surface area contributed by atoms with E-state index >= 15 is 0 Å². The first kappa shape index (κ1) is 22.7. The maximum atomic E-state index is 12.6. The standard InChI is InChI=1S/C19H19ClF3N5O3/c1-9-5-14(27-18(25-9)28-15(29)11-3-4-11)16(30)26-10(2)12-6-13(20)17(24-7-12)31-8-19(21,22)23/h5-7,10-11H,3-4,8H2,1-2H3,(H,26,30)(H,25,27,28,29). The molecule has 2 N–H and O–H groups in total. The molecule has 2 aromatic heterocycles. The molecule has 166 valence electrons. The lowest BCUT2D eigenvalue weighted by atomic mass is 10.1. The topological polar surface area (TPSA) is 106 Å². The molecule has 1 unspecified atom stereocenters. The molecule has 0 saturated heterocycles. The van der Waals surface area contributed by atoms with Crippen LogP contribution in [0, 0.1) is 12.8 Å². The van der Waals surface area contributed by atoms with Gasteiger partial charge in [0, 0.05) is 17.8 Å². The van der Waals surface area contributed by atoms with Crippen LogP contribution in [0.1, 0.15) is 47.6 Å². The molecule has 1 aliphatic carbocycles. The number of halogens is 4. The summed E-state index contributed by atoms with van der Waals surface area (Å²) >= 11 is 5.95. The number of carbonyl (C=O) groups is 2. The minimum atomic E-state index is -4.52. The summed E-state index contributed by atoms with van der Waals surface area (Å²) in [4.78, 5) is 36.5. The average Bonchev–Trinajstić information content (AvgIpc) is 3.51. The molecular weight excluding hydrogens is 439 g/mol. The van der Waals surface area contributed by atoms with Gasteiger partial charge in [-0.25, -0.2) is 15.0 Å². The van der Waals surface area contributed by atoms with Crippen molar-refractivity contribution in [3.05, 3.63) is 40.3 Å². The van der Waals surface area contributed by atoms with Gasteiger partial charge in [0.05, 0.1) is 6.04 Å². The Labute approximate surface area is 180 Å². The Kier molecular flexibility index (Phi) is 6.63. The molecule has 2 aromatic rings. The Bertz CT molecular complexity index is 998. The third kappa shape index (κ3) is 6.51. The van der Waals surface area contributed by atoms with Crippen molar-refractivity contribution in [3.8, 4) is 5.88 Å². The lowest BCUT2D eigenvalue weighted by Crippen LogP contribution is -2.28. The molecule has 1 aliphatic rings. The van der Waals surface area contributed by atoms with Crippen molar-refractivity contribution >= 4 is 29.4 Å². The van der Waals surface area contributed by atoms with E-state index in [1.807, 2.05) is 0 Å². The van der Waals surface area contributed by atoms with Crippen LogP contribution in [0.3, 0.4) is 0 Å². The average molecular weight is 458 g/mol. The maximum absolute atomic E-state index is 12.6. The van der Waals surface area contributed by atoms with Crippen LogP contribution in [0.2, 0.25) is 5.02 Å². The summed E-state index contributed by atoms with van der Waals surface area (Å²) in [5.41, 5.74) is 0.996. The molecule has 0 spiro atoms. The number of nitrogens with one attached hydrogen (secondary N) is 2. The van der Waals surface area contributed by atoms with Crippen LogP contribution in [0.5, 0.6) is 5.88 Å². The van der Waals surface area contributed by atoms with Crippen molar-refractivity contribution in [1.82, 2.24) is 20.3 Å². The zero-order valence-electron chi connectivity index (χ0n) is 16.6. The van der Waals surface area contributed by atoms with Crippen LogP contribution < -0.4 is 15.4 Å². The third-order valence-corrected chi connectivity index (χ3v) is 4.59. The van der Waals surface area contributed by atoms with E-state index in [1.54, 1.807) is 13.8 Å². The van der Waals surface area contributed by atoms with Crippen LogP contribution in [0.15, 0.2) is 18.3 Å². The number of nitrogens with zero attached hydrogens (tertiary/aromatic N) is 3. The number of anilines is 1. The van der Waals surface area contributed by atoms with Gasteiger partial charge in [-0.1, -0.05) is 11.6 Å². The van der Waals surface area contributed by atoms with Crippen LogP contribution in [0.4, 0.5) is 19.1 Å². The second-order valence-electron chi connectivity index (χ2n) is 7.14. The van der Waals surface area contributed by atoms with Gasteiger partial charge in [0.15, 0.2) is 6.61 Å². The summed E-state index contributed by atoms with van der Waals surface area (Å²) in [5.74, 6) is -1.07. The largest absolute Gasteiger partial charge is 0.467 e. The van der Waals surface area contributed by atoms with E-state index in [9.17, 15) is 22.8 Å². The minimum Gasteiger partial charge on any atom is -0.467 e. The SMILES string of the molecule is Cc1cc(C(=O)NC(C)c2cnc(OCC(F)(F)F)c(Cl)c2)nc(NC(=O)C2CC2)n1. The molecule has 0 aliphatic heterocycles. The highest BCUT2D eigenvalue weighted by atomic mass is 35.5. The number of aryl methyl sites for hydroxylation is 1. The Hall–Kier alpha value is -2.95. The van der Waals surface area contributed by atoms with Crippen LogP contribution in [0.25, 0.3) is 0 Å². The van der Waals surface area contributed by atoms with Gasteiger partial charge < -0.3 is 10.1 Å². The highest BCUT2D eigenvalue weighted by Crippen LogP contribution is 2.30. The minimum absolute atomic E-state index is 0.0401. The first-order valence-corrected chi connectivity index (χ1v) is 9.72. The Morgan fingerprint density at radius 1 is 1.29 bits per heavy atom. The molecule has 12 heteroatoms. The van der Waals surface area contributed by atoms with Crippen molar-refractivity contribution in [1.29, 1.82) is 0 Å². The highest BCUT2D eigenvalue weighted by Gasteiger charge is 2.30. The third-order valence-electron chi connectivity index (χ3n) is 4.32. The molecule has 0 bridgehead atoms. The lowest BCUT2D eigenvalue weighted by Gasteiger charge is -2.16. The van der Waals surface area contributed by atoms with Gasteiger partial charge in [0.2, 0.25) is 17.7 Å². The second-order valence-corrected chi connectivity index (χ2v) is 7.54. The number of aromatic nitrogens is 3. The molecule has 2 amide bonds. The van der Waals surface area contributed by atoms with E-state index < -0.39 is 24.7 Å². The zero-order chi connectivity index (χ0) is 22.8. The van der Waals surface area contributed by atoms with Gasteiger partial charge in [-0.05, 0) is 44.4 Å². The highest BCUT2D eigenvalue weighted by molar-refractivity contribution is 6.31. The molecule has 1 saturated carbocycles. The van der Waals surface area contributed by atoms with E-state index in [1.165, 1.54) is 18.3 Å². The fraction of sp³-hybridized carbons (Fsp3) is 0.421. The van der Waals surface area contributed by atoms with Gasteiger partial charge in [0.25, 0.3) is 5.91 Å².